The lowest BCUT2D eigenvalue weighted by Crippen LogP contribution is -2.14. The number of aromatic nitrogens is 2. The standard InChI is InChI=1S/C20H13ClN4O2S2/c21-17-5-4-16(29-17)20-25-15(11-28-20)19(27)24-14-3-1-2-13(10-14)23-18(26)12-6-8-22-9-7-12/h1-11H,(H,23,26)(H,24,27). The van der Waals surface area contributed by atoms with Crippen molar-refractivity contribution < 1.29 is 9.59 Å². The van der Waals surface area contributed by atoms with Crippen molar-refractivity contribution in [3.05, 3.63) is 81.9 Å². The maximum Gasteiger partial charge on any atom is 0.275 e. The number of amides is 2. The zero-order valence-corrected chi connectivity index (χ0v) is 17.1. The minimum absolute atomic E-state index is 0.255. The summed E-state index contributed by atoms with van der Waals surface area (Å²) in [4.78, 5) is 34.0. The Labute approximate surface area is 179 Å². The summed E-state index contributed by atoms with van der Waals surface area (Å²) in [7, 11) is 0. The molecule has 0 bridgehead atoms. The lowest BCUT2D eigenvalue weighted by Gasteiger charge is -2.08. The monoisotopic (exact) mass is 440 g/mol. The fourth-order valence-corrected chi connectivity index (χ4v) is 4.41. The molecular weight excluding hydrogens is 428 g/mol. The number of hydrogen-bond acceptors (Lipinski definition) is 6. The fourth-order valence-electron chi connectivity index (χ4n) is 2.50. The number of benzene rings is 1. The molecule has 4 rings (SSSR count). The van der Waals surface area contributed by atoms with Gasteiger partial charge in [0.25, 0.3) is 11.8 Å². The first-order valence-corrected chi connectivity index (χ1v) is 10.5. The van der Waals surface area contributed by atoms with Crippen LogP contribution in [0.1, 0.15) is 20.8 Å². The smallest absolute Gasteiger partial charge is 0.275 e. The minimum atomic E-state index is -0.326. The first kappa shape index (κ1) is 19.3. The molecule has 0 aliphatic carbocycles. The molecule has 144 valence electrons. The number of thiophene rings is 1. The number of halogens is 1. The SMILES string of the molecule is O=C(Nc1cccc(NC(=O)c2csc(-c3ccc(Cl)s3)n2)c1)c1ccncc1. The summed E-state index contributed by atoms with van der Waals surface area (Å²) in [6, 6.07) is 13.9. The molecule has 2 N–H and O–H groups in total. The molecule has 0 spiro atoms. The summed E-state index contributed by atoms with van der Waals surface area (Å²) in [6.07, 6.45) is 3.11. The quantitative estimate of drug-likeness (QED) is 0.433. The second kappa shape index (κ2) is 8.52. The summed E-state index contributed by atoms with van der Waals surface area (Å²) in [5.74, 6) is -0.581. The molecule has 0 saturated heterocycles. The van der Waals surface area contributed by atoms with E-state index in [4.69, 9.17) is 11.6 Å². The van der Waals surface area contributed by atoms with Gasteiger partial charge >= 0.3 is 0 Å². The van der Waals surface area contributed by atoms with Crippen LogP contribution in [-0.2, 0) is 0 Å². The van der Waals surface area contributed by atoms with Gasteiger partial charge in [0, 0.05) is 34.7 Å². The molecule has 0 saturated carbocycles. The van der Waals surface area contributed by atoms with Crippen molar-refractivity contribution in [2.45, 2.75) is 0 Å². The Morgan fingerprint density at radius 3 is 2.34 bits per heavy atom. The van der Waals surface area contributed by atoms with E-state index in [0.29, 0.717) is 27.0 Å². The Bertz CT molecular complexity index is 1170. The number of carbonyl (C=O) groups is 2. The highest BCUT2D eigenvalue weighted by molar-refractivity contribution is 7.23. The van der Waals surface area contributed by atoms with E-state index in [2.05, 4.69) is 20.6 Å². The number of hydrogen-bond donors (Lipinski definition) is 2. The molecule has 3 aromatic heterocycles. The van der Waals surface area contributed by atoms with Gasteiger partial charge in [-0.05, 0) is 42.5 Å². The average Bonchev–Trinajstić information content (AvgIpc) is 3.38. The highest BCUT2D eigenvalue weighted by Crippen LogP contribution is 2.33. The van der Waals surface area contributed by atoms with Crippen LogP contribution in [0.25, 0.3) is 9.88 Å². The van der Waals surface area contributed by atoms with Crippen LogP contribution < -0.4 is 10.6 Å². The Morgan fingerprint density at radius 2 is 1.66 bits per heavy atom. The van der Waals surface area contributed by atoms with Crippen LogP contribution >= 0.6 is 34.3 Å². The van der Waals surface area contributed by atoms with Crippen molar-refractivity contribution in [2.24, 2.45) is 0 Å². The van der Waals surface area contributed by atoms with Gasteiger partial charge in [-0.15, -0.1) is 22.7 Å². The largest absolute Gasteiger partial charge is 0.322 e. The summed E-state index contributed by atoms with van der Waals surface area (Å²) < 4.78 is 0.673. The number of rotatable bonds is 5. The van der Waals surface area contributed by atoms with Crippen LogP contribution in [0.2, 0.25) is 4.34 Å². The Hall–Kier alpha value is -3.07. The van der Waals surface area contributed by atoms with E-state index < -0.39 is 0 Å². The lowest BCUT2D eigenvalue weighted by atomic mass is 10.2. The van der Waals surface area contributed by atoms with Crippen LogP contribution in [-0.4, -0.2) is 21.8 Å². The van der Waals surface area contributed by atoms with Crippen molar-refractivity contribution >= 4 is 57.5 Å². The lowest BCUT2D eigenvalue weighted by molar-refractivity contribution is 0.101. The van der Waals surface area contributed by atoms with Crippen LogP contribution in [0.15, 0.2) is 66.3 Å². The number of nitrogens with zero attached hydrogens (tertiary/aromatic N) is 2. The number of carbonyl (C=O) groups excluding carboxylic acids is 2. The normalized spacial score (nSPS) is 10.5. The number of thiazole rings is 1. The van der Waals surface area contributed by atoms with Crippen molar-refractivity contribution in [1.82, 2.24) is 9.97 Å². The third-order valence-corrected chi connectivity index (χ3v) is 6.08. The highest BCUT2D eigenvalue weighted by Gasteiger charge is 2.14. The van der Waals surface area contributed by atoms with Gasteiger partial charge in [0.2, 0.25) is 0 Å². The van der Waals surface area contributed by atoms with Gasteiger partial charge in [0.15, 0.2) is 0 Å². The maximum absolute atomic E-state index is 12.5. The van der Waals surface area contributed by atoms with E-state index >= 15 is 0 Å². The molecule has 9 heteroatoms. The van der Waals surface area contributed by atoms with Gasteiger partial charge in [0.1, 0.15) is 10.7 Å². The van der Waals surface area contributed by atoms with Gasteiger partial charge in [-0.3, -0.25) is 14.6 Å². The second-order valence-electron chi connectivity index (χ2n) is 5.87. The van der Waals surface area contributed by atoms with Gasteiger partial charge in [-0.2, -0.15) is 0 Å². The van der Waals surface area contributed by atoms with Crippen molar-refractivity contribution in [2.75, 3.05) is 10.6 Å². The van der Waals surface area contributed by atoms with Gasteiger partial charge in [-0.1, -0.05) is 17.7 Å². The van der Waals surface area contributed by atoms with Crippen LogP contribution in [0.5, 0.6) is 0 Å². The van der Waals surface area contributed by atoms with Crippen molar-refractivity contribution in [3.8, 4) is 9.88 Å². The van der Waals surface area contributed by atoms with E-state index in [1.807, 2.05) is 6.07 Å². The fraction of sp³-hybridized carbons (Fsp3) is 0. The third kappa shape index (κ3) is 4.68. The summed E-state index contributed by atoms with van der Waals surface area (Å²) in [5, 5.41) is 8.04. The predicted octanol–water partition coefficient (Wildman–Crippen LogP) is 5.42. The van der Waals surface area contributed by atoms with Crippen molar-refractivity contribution in [3.63, 3.8) is 0 Å². The predicted molar refractivity (Wildman–Crippen MR) is 117 cm³/mol. The molecule has 3 heterocycles. The third-order valence-electron chi connectivity index (χ3n) is 3.84. The van der Waals surface area contributed by atoms with E-state index in [1.165, 1.54) is 22.7 Å². The first-order valence-electron chi connectivity index (χ1n) is 8.42. The van der Waals surface area contributed by atoms with Crippen LogP contribution in [0.3, 0.4) is 0 Å². The zero-order valence-electron chi connectivity index (χ0n) is 14.8. The second-order valence-corrected chi connectivity index (χ2v) is 8.44. The maximum atomic E-state index is 12.5. The summed E-state index contributed by atoms with van der Waals surface area (Å²) in [6.45, 7) is 0. The van der Waals surface area contributed by atoms with E-state index in [0.717, 1.165) is 9.88 Å². The van der Waals surface area contributed by atoms with E-state index in [9.17, 15) is 9.59 Å². The molecule has 6 nitrogen and oxygen atoms in total. The van der Waals surface area contributed by atoms with Crippen LogP contribution in [0, 0.1) is 0 Å². The molecule has 2 amide bonds. The molecule has 0 aliphatic heterocycles. The number of nitrogens with one attached hydrogen (secondary N) is 2. The molecule has 29 heavy (non-hydrogen) atoms. The van der Waals surface area contributed by atoms with Gasteiger partial charge in [0.05, 0.1) is 9.21 Å². The summed E-state index contributed by atoms with van der Waals surface area (Å²) in [5.41, 5.74) is 1.94. The average molecular weight is 441 g/mol. The molecule has 1 aromatic carbocycles. The summed E-state index contributed by atoms with van der Waals surface area (Å²) >= 11 is 8.75. The molecule has 0 fully saturated rings. The number of anilines is 2. The topological polar surface area (TPSA) is 84.0 Å². The molecule has 0 aliphatic rings. The Balaban J connectivity index is 1.44. The van der Waals surface area contributed by atoms with Gasteiger partial charge in [-0.25, -0.2) is 4.98 Å². The van der Waals surface area contributed by atoms with Crippen molar-refractivity contribution in [1.29, 1.82) is 0 Å². The molecule has 0 unspecified atom stereocenters. The Kier molecular flexibility index (Phi) is 5.66. The minimum Gasteiger partial charge on any atom is -0.322 e. The molecule has 0 radical (unpaired) electrons. The molecular formula is C20H13ClN4O2S2. The van der Waals surface area contributed by atoms with E-state index in [-0.39, 0.29) is 11.8 Å². The first-order chi connectivity index (χ1) is 14.1. The van der Waals surface area contributed by atoms with Gasteiger partial charge < -0.3 is 10.6 Å². The number of pyridine rings is 1. The van der Waals surface area contributed by atoms with E-state index in [1.54, 1.807) is 60.2 Å². The highest BCUT2D eigenvalue weighted by atomic mass is 35.5. The molecule has 4 aromatic rings. The molecule has 0 atom stereocenters. The Morgan fingerprint density at radius 1 is 0.931 bits per heavy atom. The zero-order chi connectivity index (χ0) is 20.2. The van der Waals surface area contributed by atoms with Crippen LogP contribution in [0.4, 0.5) is 11.4 Å².